The van der Waals surface area contributed by atoms with Crippen LogP contribution in [0.4, 0.5) is 0 Å². The number of amidine groups is 2. The van der Waals surface area contributed by atoms with Gasteiger partial charge in [-0.15, -0.1) is 0 Å². The normalized spacial score (nSPS) is 13.8. The van der Waals surface area contributed by atoms with Crippen LogP contribution in [0.1, 0.15) is 57.6 Å². The highest BCUT2D eigenvalue weighted by atomic mass is 16.1. The molecule has 0 spiro atoms. The lowest BCUT2D eigenvalue weighted by atomic mass is 9.85. The number of hydrogen-bond donors (Lipinski definition) is 1. The minimum Gasteiger partial charge on any atom is -0.352 e. The van der Waals surface area contributed by atoms with Gasteiger partial charge < -0.3 is 4.90 Å². The molecule has 2 atom stereocenters. The van der Waals surface area contributed by atoms with Gasteiger partial charge in [-0.25, -0.2) is 19.9 Å². The highest BCUT2D eigenvalue weighted by molar-refractivity contribution is 6.45. The molecule has 11 rings (SSSR count). The van der Waals surface area contributed by atoms with Crippen LogP contribution < -0.4 is 0 Å². The number of nitrogens with one attached hydrogen (secondary N) is 1. The molecule has 1 aromatic heterocycles. The van der Waals surface area contributed by atoms with Gasteiger partial charge >= 0.3 is 0 Å². The summed E-state index contributed by atoms with van der Waals surface area (Å²) in [6.07, 6.45) is 15.4. The second-order valence-electron chi connectivity index (χ2n) is 20.6. The van der Waals surface area contributed by atoms with Crippen LogP contribution in [0.15, 0.2) is 309 Å². The summed E-state index contributed by atoms with van der Waals surface area (Å²) >= 11 is 0. The fraction of sp³-hybridized carbons (Fsp3) is 0.0649. The van der Waals surface area contributed by atoms with Crippen molar-refractivity contribution in [2.75, 3.05) is 7.05 Å². The maximum Gasteiger partial charge on any atom is 0.266 e. The largest absolute Gasteiger partial charge is 0.352 e. The summed E-state index contributed by atoms with van der Waals surface area (Å²) in [7, 11) is 1.99. The van der Waals surface area contributed by atoms with E-state index in [1.54, 1.807) is 6.08 Å². The summed E-state index contributed by atoms with van der Waals surface area (Å²) in [5.41, 5.74) is 15.1. The Morgan fingerprint density at radius 1 is 0.560 bits per heavy atom. The first kappa shape index (κ1) is 55.2. The number of ketones is 1. The van der Waals surface area contributed by atoms with E-state index in [1.165, 1.54) is 0 Å². The van der Waals surface area contributed by atoms with Gasteiger partial charge in [0.25, 0.3) is 5.78 Å². The molecule has 1 N–H and O–H groups in total. The first-order valence-electron chi connectivity index (χ1n) is 28.2. The van der Waals surface area contributed by atoms with E-state index < -0.39 is 11.6 Å². The van der Waals surface area contributed by atoms with Crippen molar-refractivity contribution in [1.29, 1.82) is 5.41 Å². The van der Waals surface area contributed by atoms with Crippen molar-refractivity contribution in [3.05, 3.63) is 338 Å². The van der Waals surface area contributed by atoms with Crippen LogP contribution in [0.5, 0.6) is 0 Å². The van der Waals surface area contributed by atoms with E-state index in [0.717, 1.165) is 77.9 Å². The SMILES string of the molecule is C=CC=CC1CC=C(c2ccccc2)C=C1c1nc(C(=O)C(=N)N=C(c2cc(-c3ccccc3)cc(-c3ccccc3)c2)N(C)C(C/C=C(\C=C)c2ccccc2)c2ccccc2)nc(-c2cc(-c3ccccc3)cc(-c3ccccc3)c2)n1. The zero-order chi connectivity index (χ0) is 57.6. The van der Waals surface area contributed by atoms with Crippen LogP contribution >= 0.6 is 0 Å². The second-order valence-corrected chi connectivity index (χ2v) is 20.6. The number of Topliss-reactive ketones (excluding diaryl/α,β-unsaturated/α-hetero) is 1. The van der Waals surface area contributed by atoms with Gasteiger partial charge in [0.2, 0.25) is 5.82 Å². The first-order valence-corrected chi connectivity index (χ1v) is 28.2. The van der Waals surface area contributed by atoms with Crippen LogP contribution in [0.2, 0.25) is 0 Å². The predicted molar refractivity (Wildman–Crippen MR) is 348 cm³/mol. The molecule has 10 aromatic rings. The van der Waals surface area contributed by atoms with Crippen molar-refractivity contribution >= 4 is 34.2 Å². The maximum absolute atomic E-state index is 15.7. The summed E-state index contributed by atoms with van der Waals surface area (Å²) in [5.74, 6) is -0.679. The van der Waals surface area contributed by atoms with E-state index in [4.69, 9.17) is 19.9 Å². The van der Waals surface area contributed by atoms with Gasteiger partial charge in [0.15, 0.2) is 17.5 Å². The number of nitrogens with zero attached hydrogens (tertiary/aromatic N) is 5. The number of aromatic nitrogens is 3. The summed E-state index contributed by atoms with van der Waals surface area (Å²) < 4.78 is 0. The lowest BCUT2D eigenvalue weighted by Gasteiger charge is -2.31. The summed E-state index contributed by atoms with van der Waals surface area (Å²) in [5, 5.41) is 10.0. The van der Waals surface area contributed by atoms with E-state index in [-0.39, 0.29) is 23.6 Å². The van der Waals surface area contributed by atoms with Crippen molar-refractivity contribution in [3.8, 4) is 55.9 Å². The number of allylic oxidation sites excluding steroid dienone is 9. The van der Waals surface area contributed by atoms with Gasteiger partial charge in [-0.2, -0.15) is 0 Å². The molecule has 2 unspecified atom stereocenters. The summed E-state index contributed by atoms with van der Waals surface area (Å²) in [6.45, 7) is 8.20. The molecule has 0 amide bonds. The fourth-order valence-corrected chi connectivity index (χ4v) is 10.7. The van der Waals surface area contributed by atoms with E-state index in [1.807, 2.05) is 147 Å². The molecular formula is C77H62N6O. The van der Waals surface area contributed by atoms with Crippen LogP contribution in [0.25, 0.3) is 72.6 Å². The molecule has 406 valence electrons. The van der Waals surface area contributed by atoms with E-state index >= 15 is 4.79 Å². The number of carbonyl (C=O) groups excluding carboxylic acids is 1. The zero-order valence-electron chi connectivity index (χ0n) is 46.8. The molecule has 7 heteroatoms. The minimum atomic E-state index is -0.765. The Bertz CT molecular complexity index is 4020. The third-order valence-corrected chi connectivity index (χ3v) is 15.1. The minimum absolute atomic E-state index is 0.176. The van der Waals surface area contributed by atoms with Gasteiger partial charge in [0.1, 0.15) is 5.84 Å². The molecule has 0 saturated carbocycles. The molecule has 1 aliphatic carbocycles. The molecule has 0 radical (unpaired) electrons. The zero-order valence-corrected chi connectivity index (χ0v) is 46.8. The molecule has 1 heterocycles. The smallest absolute Gasteiger partial charge is 0.266 e. The van der Waals surface area contributed by atoms with Gasteiger partial charge in [-0.05, 0) is 128 Å². The molecule has 9 aromatic carbocycles. The number of aliphatic imine (C=N–C) groups is 1. The number of hydrogen-bond acceptors (Lipinski definition) is 5. The van der Waals surface area contributed by atoms with Crippen LogP contribution in [0.3, 0.4) is 0 Å². The Morgan fingerprint density at radius 2 is 1.01 bits per heavy atom. The Balaban J connectivity index is 1.11. The fourth-order valence-electron chi connectivity index (χ4n) is 10.7. The second kappa shape index (κ2) is 26.2. The van der Waals surface area contributed by atoms with E-state index in [0.29, 0.717) is 35.6 Å². The van der Waals surface area contributed by atoms with Gasteiger partial charge in [-0.1, -0.05) is 262 Å². The number of benzene rings is 9. The monoisotopic (exact) mass is 1090 g/mol. The average molecular weight is 1090 g/mol. The molecule has 7 nitrogen and oxygen atoms in total. The Kier molecular flexibility index (Phi) is 17.2. The summed E-state index contributed by atoms with van der Waals surface area (Å²) in [4.78, 5) is 38.4. The molecule has 0 bridgehead atoms. The van der Waals surface area contributed by atoms with Crippen LogP contribution in [-0.2, 0) is 0 Å². The Labute approximate surface area is 492 Å². The van der Waals surface area contributed by atoms with Crippen molar-refractivity contribution in [3.63, 3.8) is 0 Å². The van der Waals surface area contributed by atoms with Gasteiger partial charge in [0, 0.05) is 29.7 Å². The van der Waals surface area contributed by atoms with E-state index in [9.17, 15) is 5.41 Å². The Hall–Kier alpha value is -10.8. The number of rotatable bonds is 18. The van der Waals surface area contributed by atoms with Crippen molar-refractivity contribution < 1.29 is 4.79 Å². The third-order valence-electron chi connectivity index (χ3n) is 15.1. The first-order chi connectivity index (χ1) is 41.3. The van der Waals surface area contributed by atoms with Crippen molar-refractivity contribution in [2.24, 2.45) is 10.9 Å². The topological polar surface area (TPSA) is 95.2 Å². The standard InChI is InChI=1S/C77H62N6O/c1-4-6-28-61-43-44-63(56-31-16-8-17-32-56)53-70(61)75-80-74(68-49-64(57-33-18-9-19-34-57)47-65(50-68)58-35-20-10-21-36-58)81-76(82-75)72(84)73(78)79-77(69-51-66(59-37-22-11-23-38-59)48-67(52-69)60-39-24-12-25-40-60)83(3)71(62-41-26-13-27-42-62)46-45-54(5-2)55-29-14-7-15-30-55/h4-42,44-45,47-53,61,71,78H,1-2,43,46H2,3H3/b28-6?,54-45+,78-73?,79-77?. The molecule has 84 heavy (non-hydrogen) atoms. The highest BCUT2D eigenvalue weighted by Crippen LogP contribution is 2.38. The Morgan fingerprint density at radius 3 is 1.51 bits per heavy atom. The molecule has 1 aliphatic rings. The quantitative estimate of drug-likeness (QED) is 0.0400. The molecular weight excluding hydrogens is 1020 g/mol. The average Bonchev–Trinajstić information content (AvgIpc) is 3.34. The van der Waals surface area contributed by atoms with Crippen molar-refractivity contribution in [1.82, 2.24) is 19.9 Å². The molecule has 0 fully saturated rings. The predicted octanol–water partition coefficient (Wildman–Crippen LogP) is 18.4. The van der Waals surface area contributed by atoms with Gasteiger partial charge in [0.05, 0.1) is 6.04 Å². The van der Waals surface area contributed by atoms with Crippen molar-refractivity contribution in [2.45, 2.75) is 18.9 Å². The lowest BCUT2D eigenvalue weighted by molar-refractivity contribution is 0.105. The number of carbonyl (C=O) groups is 1. The van der Waals surface area contributed by atoms with E-state index in [2.05, 4.69) is 164 Å². The third kappa shape index (κ3) is 12.9. The molecule has 0 aliphatic heterocycles. The van der Waals surface area contributed by atoms with Crippen LogP contribution in [0, 0.1) is 11.3 Å². The molecule has 0 saturated heterocycles. The maximum atomic E-state index is 15.7. The van der Waals surface area contributed by atoms with Crippen LogP contribution in [-0.4, -0.2) is 44.4 Å². The van der Waals surface area contributed by atoms with Gasteiger partial charge in [-0.3, -0.25) is 10.2 Å². The lowest BCUT2D eigenvalue weighted by Crippen LogP contribution is -2.33. The summed E-state index contributed by atoms with van der Waals surface area (Å²) in [6, 6.07) is 83.9. The highest BCUT2D eigenvalue weighted by Gasteiger charge is 2.28.